The molecule has 1 amide bonds. The highest BCUT2D eigenvalue weighted by Gasteiger charge is 2.24. The smallest absolute Gasteiger partial charge is 0.349 e. The van der Waals surface area contributed by atoms with Crippen molar-refractivity contribution in [2.75, 3.05) is 13.6 Å². The minimum atomic E-state index is -1.04. The second kappa shape index (κ2) is 7.64. The average Bonchev–Trinajstić information content (AvgIpc) is 3.01. The normalized spacial score (nSPS) is 11.8. The number of aryl methyl sites for hydroxylation is 3. The van der Waals surface area contributed by atoms with Crippen molar-refractivity contribution in [3.05, 3.63) is 69.4 Å². The Balaban J connectivity index is 1.78. The van der Waals surface area contributed by atoms with Crippen molar-refractivity contribution < 1.29 is 14.3 Å². The molecule has 2 heterocycles. The number of aliphatic hydroxyl groups is 1. The van der Waals surface area contributed by atoms with Crippen molar-refractivity contribution in [3.8, 4) is 0 Å². The quantitative estimate of drug-likeness (QED) is 0.686. The number of H-pyrrole nitrogens is 1. The van der Waals surface area contributed by atoms with Gasteiger partial charge in [-0.3, -0.25) is 4.79 Å². The van der Waals surface area contributed by atoms with E-state index in [4.69, 9.17) is 4.42 Å². The first kappa shape index (κ1) is 19.9. The maximum atomic E-state index is 12.6. The van der Waals surface area contributed by atoms with E-state index in [0.29, 0.717) is 17.7 Å². The number of para-hydroxylation sites is 1. The molecule has 3 rings (SSSR count). The highest BCUT2D eigenvalue weighted by Crippen LogP contribution is 2.20. The molecule has 0 atom stereocenters. The van der Waals surface area contributed by atoms with E-state index in [0.717, 1.165) is 22.9 Å². The molecular formula is C22H26N2O4. The summed E-state index contributed by atoms with van der Waals surface area (Å²) < 4.78 is 5.43. The largest absolute Gasteiger partial charge is 0.427 e. The van der Waals surface area contributed by atoms with Crippen LogP contribution in [0, 0.1) is 6.92 Å². The molecule has 2 aromatic heterocycles. The number of nitrogens with zero attached hydrogens (tertiary/aromatic N) is 1. The van der Waals surface area contributed by atoms with Crippen molar-refractivity contribution in [1.29, 1.82) is 0 Å². The third-order valence-corrected chi connectivity index (χ3v) is 4.70. The second-order valence-corrected chi connectivity index (χ2v) is 7.89. The lowest BCUT2D eigenvalue weighted by molar-refractivity contribution is 0.0364. The first-order chi connectivity index (χ1) is 13.2. The monoisotopic (exact) mass is 382 g/mol. The van der Waals surface area contributed by atoms with E-state index in [2.05, 4.69) is 11.1 Å². The molecule has 1 aromatic carbocycles. The summed E-state index contributed by atoms with van der Waals surface area (Å²) in [7, 11) is 1.56. The second-order valence-electron chi connectivity index (χ2n) is 7.89. The van der Waals surface area contributed by atoms with E-state index in [-0.39, 0.29) is 12.1 Å². The van der Waals surface area contributed by atoms with Gasteiger partial charge in [0.1, 0.15) is 11.3 Å². The molecule has 0 aliphatic heterocycles. The molecule has 6 nitrogen and oxygen atoms in total. The standard InChI is InChI=1S/C22H26N2O4/c1-14-11-16(10-9-15-12-23-18-8-6-5-7-17(15)18)28-21(26)19(14)20(25)24(4)13-22(2,3)27/h5-8,11-12,23,27H,9-10,13H2,1-4H3. The predicted molar refractivity (Wildman–Crippen MR) is 109 cm³/mol. The van der Waals surface area contributed by atoms with Crippen LogP contribution in [0.15, 0.2) is 45.7 Å². The van der Waals surface area contributed by atoms with Gasteiger partial charge in [0.25, 0.3) is 5.91 Å². The molecule has 0 unspecified atom stereocenters. The number of nitrogens with one attached hydrogen (secondary N) is 1. The van der Waals surface area contributed by atoms with Crippen LogP contribution in [0.1, 0.15) is 41.1 Å². The molecule has 0 aliphatic rings. The Morgan fingerprint density at radius 3 is 2.64 bits per heavy atom. The topological polar surface area (TPSA) is 86.5 Å². The zero-order valence-electron chi connectivity index (χ0n) is 16.7. The predicted octanol–water partition coefficient (Wildman–Crippen LogP) is 3.06. The molecule has 2 N–H and O–H groups in total. The van der Waals surface area contributed by atoms with Crippen LogP contribution in [0.2, 0.25) is 0 Å². The molecule has 0 bridgehead atoms. The van der Waals surface area contributed by atoms with Gasteiger partial charge in [0.15, 0.2) is 0 Å². The van der Waals surface area contributed by atoms with Crippen LogP contribution in [0.3, 0.4) is 0 Å². The Hall–Kier alpha value is -2.86. The fourth-order valence-corrected chi connectivity index (χ4v) is 3.49. The SMILES string of the molecule is Cc1cc(CCc2c[nH]c3ccccc23)oc(=O)c1C(=O)N(C)CC(C)(C)O. The molecule has 6 heteroatoms. The minimum Gasteiger partial charge on any atom is -0.427 e. The Morgan fingerprint density at radius 2 is 1.96 bits per heavy atom. The van der Waals surface area contributed by atoms with Gasteiger partial charge in [0.2, 0.25) is 0 Å². The van der Waals surface area contributed by atoms with Crippen LogP contribution in [-0.4, -0.2) is 40.1 Å². The number of amides is 1. The molecule has 0 spiro atoms. The number of aromatic amines is 1. The summed E-state index contributed by atoms with van der Waals surface area (Å²) in [6, 6.07) is 9.81. The maximum Gasteiger partial charge on any atom is 0.349 e. The van der Waals surface area contributed by atoms with Crippen molar-refractivity contribution in [3.63, 3.8) is 0 Å². The lowest BCUT2D eigenvalue weighted by atomic mass is 10.0. The summed E-state index contributed by atoms with van der Waals surface area (Å²) in [6.45, 7) is 5.07. The number of likely N-dealkylation sites (N-methyl/N-ethyl adjacent to an activating group) is 1. The van der Waals surface area contributed by atoms with E-state index in [9.17, 15) is 14.7 Å². The van der Waals surface area contributed by atoms with Gasteiger partial charge in [-0.1, -0.05) is 18.2 Å². The molecule has 0 fully saturated rings. The fourth-order valence-electron chi connectivity index (χ4n) is 3.49. The molecule has 0 radical (unpaired) electrons. The van der Waals surface area contributed by atoms with Crippen molar-refractivity contribution in [1.82, 2.24) is 9.88 Å². The average molecular weight is 382 g/mol. The Morgan fingerprint density at radius 1 is 1.25 bits per heavy atom. The van der Waals surface area contributed by atoms with Crippen LogP contribution >= 0.6 is 0 Å². The third-order valence-electron chi connectivity index (χ3n) is 4.70. The summed E-state index contributed by atoms with van der Waals surface area (Å²) in [5.41, 5.74) is 1.14. The molecule has 0 aliphatic carbocycles. The zero-order valence-corrected chi connectivity index (χ0v) is 16.7. The van der Waals surface area contributed by atoms with Crippen molar-refractivity contribution in [2.24, 2.45) is 0 Å². The Labute approximate surface area is 163 Å². The number of aromatic nitrogens is 1. The van der Waals surface area contributed by atoms with Crippen LogP contribution < -0.4 is 5.63 Å². The van der Waals surface area contributed by atoms with Gasteiger partial charge in [-0.05, 0) is 50.5 Å². The number of hydrogen-bond acceptors (Lipinski definition) is 4. The molecule has 148 valence electrons. The highest BCUT2D eigenvalue weighted by atomic mass is 16.4. The van der Waals surface area contributed by atoms with E-state index < -0.39 is 17.1 Å². The van der Waals surface area contributed by atoms with Gasteiger partial charge in [-0.2, -0.15) is 0 Å². The first-order valence-corrected chi connectivity index (χ1v) is 9.32. The number of rotatable bonds is 6. The van der Waals surface area contributed by atoms with Gasteiger partial charge in [-0.15, -0.1) is 0 Å². The van der Waals surface area contributed by atoms with Crippen LogP contribution in [0.5, 0.6) is 0 Å². The van der Waals surface area contributed by atoms with E-state index >= 15 is 0 Å². The van der Waals surface area contributed by atoms with Gasteiger partial charge >= 0.3 is 5.63 Å². The molecule has 0 saturated carbocycles. The van der Waals surface area contributed by atoms with Crippen LogP contribution in [0.25, 0.3) is 10.9 Å². The minimum absolute atomic E-state index is 0.0163. The Kier molecular flexibility index (Phi) is 5.42. The first-order valence-electron chi connectivity index (χ1n) is 9.32. The summed E-state index contributed by atoms with van der Waals surface area (Å²) in [4.78, 5) is 29.7. The Bertz CT molecular complexity index is 1060. The summed E-state index contributed by atoms with van der Waals surface area (Å²) in [5, 5.41) is 11.1. The van der Waals surface area contributed by atoms with Crippen molar-refractivity contribution >= 4 is 16.8 Å². The highest BCUT2D eigenvalue weighted by molar-refractivity contribution is 5.95. The third kappa shape index (κ3) is 4.34. The van der Waals surface area contributed by atoms with Crippen molar-refractivity contribution in [2.45, 2.75) is 39.2 Å². The van der Waals surface area contributed by atoms with Crippen LogP contribution in [-0.2, 0) is 12.8 Å². The van der Waals surface area contributed by atoms with Gasteiger partial charge in [0, 0.05) is 37.1 Å². The number of benzene rings is 1. The number of fused-ring (bicyclic) bond motifs is 1. The van der Waals surface area contributed by atoms with Gasteiger partial charge in [0.05, 0.1) is 5.60 Å². The lowest BCUT2D eigenvalue weighted by Crippen LogP contribution is -2.41. The zero-order chi connectivity index (χ0) is 20.5. The fraction of sp³-hybridized carbons (Fsp3) is 0.364. The number of carbonyl (C=O) groups excluding carboxylic acids is 1. The molecule has 0 saturated heterocycles. The van der Waals surface area contributed by atoms with Gasteiger partial charge in [-0.25, -0.2) is 4.79 Å². The molecular weight excluding hydrogens is 356 g/mol. The molecule has 28 heavy (non-hydrogen) atoms. The van der Waals surface area contributed by atoms with Crippen LogP contribution in [0.4, 0.5) is 0 Å². The number of carbonyl (C=O) groups is 1. The van der Waals surface area contributed by atoms with Gasteiger partial charge < -0.3 is 19.4 Å². The van der Waals surface area contributed by atoms with E-state index in [1.165, 1.54) is 4.90 Å². The summed E-state index contributed by atoms with van der Waals surface area (Å²) >= 11 is 0. The number of hydrogen-bond donors (Lipinski definition) is 2. The maximum absolute atomic E-state index is 12.6. The molecule has 3 aromatic rings. The lowest BCUT2D eigenvalue weighted by Gasteiger charge is -2.25. The van der Waals surface area contributed by atoms with E-state index in [1.807, 2.05) is 24.4 Å². The summed E-state index contributed by atoms with van der Waals surface area (Å²) in [5.74, 6) is 0.103. The summed E-state index contributed by atoms with van der Waals surface area (Å²) in [6.07, 6.45) is 3.25. The van der Waals surface area contributed by atoms with E-state index in [1.54, 1.807) is 33.9 Å².